The van der Waals surface area contributed by atoms with Crippen molar-refractivity contribution in [2.24, 2.45) is 0 Å². The smallest absolute Gasteiger partial charge is 0.255 e. The van der Waals surface area contributed by atoms with E-state index in [-0.39, 0.29) is 37.1 Å². The lowest BCUT2D eigenvalue weighted by Gasteiger charge is -2.29. The predicted molar refractivity (Wildman–Crippen MR) is 129 cm³/mol. The molecule has 3 aliphatic rings. The molecule has 3 aliphatic heterocycles. The van der Waals surface area contributed by atoms with Crippen molar-refractivity contribution < 1.29 is 28.2 Å². The number of ether oxygens (including phenoxy) is 2. The molecular formula is C26H29FN4O5. The molecule has 10 heteroatoms. The number of morpholine rings is 1. The van der Waals surface area contributed by atoms with Gasteiger partial charge >= 0.3 is 0 Å². The zero-order chi connectivity index (χ0) is 25.1. The summed E-state index contributed by atoms with van der Waals surface area (Å²) in [5.74, 6) is -0.771. The van der Waals surface area contributed by atoms with Crippen molar-refractivity contribution in [2.75, 3.05) is 44.8 Å². The Kier molecular flexibility index (Phi) is 7.15. The van der Waals surface area contributed by atoms with E-state index in [1.54, 1.807) is 24.3 Å². The molecule has 0 unspecified atom stereocenters. The number of anilines is 1. The standard InChI is InChI=1S/C26H29FN4O5/c27-21-5-4-18(36-13-10-30-8-11-35-12-9-30)14-17(21)15-28-22-3-1-2-19-20(22)16-31(26(19)34)23-6-7-24(32)29-25(23)33/h1-5,14,23,28H,6-13,15-16H2,(H,29,32,33)/t23-/m1/s1. The predicted octanol–water partition coefficient (Wildman–Crippen LogP) is 1.91. The topological polar surface area (TPSA) is 100 Å². The average molecular weight is 497 g/mol. The molecule has 190 valence electrons. The summed E-state index contributed by atoms with van der Waals surface area (Å²) in [6, 6.07) is 9.33. The first-order valence-electron chi connectivity index (χ1n) is 12.2. The number of carbonyl (C=O) groups is 3. The van der Waals surface area contributed by atoms with Crippen LogP contribution in [0.3, 0.4) is 0 Å². The van der Waals surface area contributed by atoms with E-state index < -0.39 is 11.9 Å². The second-order valence-electron chi connectivity index (χ2n) is 9.14. The van der Waals surface area contributed by atoms with Gasteiger partial charge in [-0.2, -0.15) is 0 Å². The largest absolute Gasteiger partial charge is 0.492 e. The molecule has 2 saturated heterocycles. The third-order valence-corrected chi connectivity index (χ3v) is 6.85. The van der Waals surface area contributed by atoms with Crippen molar-refractivity contribution >= 4 is 23.4 Å². The van der Waals surface area contributed by atoms with Crippen LogP contribution in [-0.4, -0.2) is 73.0 Å². The fourth-order valence-electron chi connectivity index (χ4n) is 4.84. The van der Waals surface area contributed by atoms with Crippen LogP contribution in [-0.2, 0) is 27.4 Å². The molecule has 0 radical (unpaired) electrons. The minimum absolute atomic E-state index is 0.200. The first kappa shape index (κ1) is 24.2. The Balaban J connectivity index is 1.23. The molecule has 2 N–H and O–H groups in total. The molecule has 36 heavy (non-hydrogen) atoms. The van der Waals surface area contributed by atoms with E-state index in [9.17, 15) is 18.8 Å². The lowest BCUT2D eigenvalue weighted by atomic mass is 10.0. The number of imide groups is 1. The van der Waals surface area contributed by atoms with Gasteiger partial charge < -0.3 is 19.7 Å². The number of hydrogen-bond donors (Lipinski definition) is 2. The van der Waals surface area contributed by atoms with Crippen LogP contribution in [0.5, 0.6) is 5.75 Å². The summed E-state index contributed by atoms with van der Waals surface area (Å²) in [6.45, 7) is 4.95. The van der Waals surface area contributed by atoms with Gasteiger partial charge in [0.15, 0.2) is 0 Å². The average Bonchev–Trinajstić information content (AvgIpc) is 3.21. The van der Waals surface area contributed by atoms with Crippen molar-refractivity contribution in [1.82, 2.24) is 15.1 Å². The molecule has 2 aromatic carbocycles. The lowest BCUT2D eigenvalue weighted by Crippen LogP contribution is -2.52. The first-order chi connectivity index (χ1) is 17.5. The zero-order valence-corrected chi connectivity index (χ0v) is 19.9. The van der Waals surface area contributed by atoms with Crippen molar-refractivity contribution in [3.05, 3.63) is 58.9 Å². The maximum absolute atomic E-state index is 14.5. The fraction of sp³-hybridized carbons (Fsp3) is 0.423. The summed E-state index contributed by atoms with van der Waals surface area (Å²) in [6.07, 6.45) is 0.502. The van der Waals surface area contributed by atoms with Gasteiger partial charge in [-0.15, -0.1) is 0 Å². The molecule has 0 spiro atoms. The fourth-order valence-corrected chi connectivity index (χ4v) is 4.84. The third-order valence-electron chi connectivity index (χ3n) is 6.85. The first-order valence-corrected chi connectivity index (χ1v) is 12.2. The summed E-state index contributed by atoms with van der Waals surface area (Å²) in [5, 5.41) is 5.56. The molecular weight excluding hydrogens is 467 g/mol. The monoisotopic (exact) mass is 496 g/mol. The summed E-state index contributed by atoms with van der Waals surface area (Å²) >= 11 is 0. The molecule has 0 aromatic heterocycles. The van der Waals surface area contributed by atoms with Crippen LogP contribution >= 0.6 is 0 Å². The number of nitrogens with one attached hydrogen (secondary N) is 2. The normalized spacial score (nSPS) is 20.3. The summed E-state index contributed by atoms with van der Waals surface area (Å²) in [5.41, 5.74) is 2.41. The number of piperidine rings is 1. The van der Waals surface area contributed by atoms with E-state index in [0.717, 1.165) is 38.4 Å². The minimum Gasteiger partial charge on any atom is -0.492 e. The van der Waals surface area contributed by atoms with Crippen LogP contribution in [0.15, 0.2) is 36.4 Å². The molecule has 3 heterocycles. The SMILES string of the molecule is O=C1CC[C@@H](N2Cc3c(NCc4cc(OCCN5CCOCC5)ccc4F)cccc3C2=O)C(=O)N1. The Bertz CT molecular complexity index is 1170. The molecule has 0 bridgehead atoms. The van der Waals surface area contributed by atoms with Crippen molar-refractivity contribution in [3.8, 4) is 5.75 Å². The maximum atomic E-state index is 14.5. The second kappa shape index (κ2) is 10.6. The Morgan fingerprint density at radius 3 is 2.78 bits per heavy atom. The molecule has 2 aromatic rings. The molecule has 9 nitrogen and oxygen atoms in total. The highest BCUT2D eigenvalue weighted by atomic mass is 19.1. The van der Waals surface area contributed by atoms with Crippen LogP contribution in [0.2, 0.25) is 0 Å². The van der Waals surface area contributed by atoms with Gasteiger partial charge in [0.1, 0.15) is 24.2 Å². The van der Waals surface area contributed by atoms with Gasteiger partial charge in [-0.25, -0.2) is 4.39 Å². The van der Waals surface area contributed by atoms with Gasteiger partial charge in [0.05, 0.1) is 13.2 Å². The third kappa shape index (κ3) is 5.19. The molecule has 0 aliphatic carbocycles. The number of nitrogens with zero attached hydrogens (tertiary/aromatic N) is 2. The Hall–Kier alpha value is -3.50. The van der Waals surface area contributed by atoms with E-state index in [1.807, 2.05) is 6.07 Å². The minimum atomic E-state index is -0.681. The van der Waals surface area contributed by atoms with Gasteiger partial charge in [-0.3, -0.25) is 24.6 Å². The summed E-state index contributed by atoms with van der Waals surface area (Å²) in [7, 11) is 0. The van der Waals surface area contributed by atoms with E-state index in [0.29, 0.717) is 35.6 Å². The van der Waals surface area contributed by atoms with Crippen molar-refractivity contribution in [2.45, 2.75) is 32.0 Å². The van der Waals surface area contributed by atoms with Crippen molar-refractivity contribution in [1.29, 1.82) is 0 Å². The summed E-state index contributed by atoms with van der Waals surface area (Å²) in [4.78, 5) is 40.6. The lowest BCUT2D eigenvalue weighted by molar-refractivity contribution is -0.136. The number of fused-ring (bicyclic) bond motifs is 1. The van der Waals surface area contributed by atoms with Crippen LogP contribution in [0.25, 0.3) is 0 Å². The molecule has 2 fully saturated rings. The Morgan fingerprint density at radius 2 is 1.97 bits per heavy atom. The number of rotatable bonds is 8. The highest BCUT2D eigenvalue weighted by molar-refractivity contribution is 6.06. The van der Waals surface area contributed by atoms with Crippen LogP contribution in [0, 0.1) is 5.82 Å². The van der Waals surface area contributed by atoms with E-state index in [2.05, 4.69) is 15.5 Å². The summed E-state index contributed by atoms with van der Waals surface area (Å²) < 4.78 is 25.8. The van der Waals surface area contributed by atoms with E-state index in [4.69, 9.17) is 9.47 Å². The highest BCUT2D eigenvalue weighted by Crippen LogP contribution is 2.32. The molecule has 1 atom stereocenters. The van der Waals surface area contributed by atoms with Gasteiger partial charge in [-0.1, -0.05) is 6.07 Å². The van der Waals surface area contributed by atoms with Crippen LogP contribution < -0.4 is 15.4 Å². The van der Waals surface area contributed by atoms with Gasteiger partial charge in [0.2, 0.25) is 11.8 Å². The number of halogens is 1. The van der Waals surface area contributed by atoms with Crippen LogP contribution in [0.4, 0.5) is 10.1 Å². The number of benzene rings is 2. The van der Waals surface area contributed by atoms with Crippen molar-refractivity contribution in [3.63, 3.8) is 0 Å². The number of hydrogen-bond acceptors (Lipinski definition) is 7. The van der Waals surface area contributed by atoms with Gasteiger partial charge in [0, 0.05) is 61.5 Å². The number of carbonyl (C=O) groups excluding carboxylic acids is 3. The van der Waals surface area contributed by atoms with Gasteiger partial charge in [0.25, 0.3) is 5.91 Å². The zero-order valence-electron chi connectivity index (χ0n) is 19.9. The molecule has 5 rings (SSSR count). The second-order valence-corrected chi connectivity index (χ2v) is 9.14. The van der Waals surface area contributed by atoms with Crippen LogP contribution in [0.1, 0.15) is 34.3 Å². The van der Waals surface area contributed by atoms with Gasteiger partial charge in [-0.05, 0) is 36.8 Å². The van der Waals surface area contributed by atoms with E-state index >= 15 is 0 Å². The van der Waals surface area contributed by atoms with E-state index in [1.165, 1.54) is 11.0 Å². The number of amides is 3. The quantitative estimate of drug-likeness (QED) is 0.539. The molecule has 3 amide bonds. The Labute approximate surface area is 208 Å². The molecule has 0 saturated carbocycles. The Morgan fingerprint density at radius 1 is 1.14 bits per heavy atom. The highest BCUT2D eigenvalue weighted by Gasteiger charge is 2.39. The maximum Gasteiger partial charge on any atom is 0.255 e.